The Morgan fingerprint density at radius 3 is 2.57 bits per heavy atom. The lowest BCUT2D eigenvalue weighted by Crippen LogP contribution is -2.44. The Kier molecular flexibility index (Phi) is 5.35. The average molecular weight is 414 g/mol. The molecule has 0 saturated heterocycles. The zero-order chi connectivity index (χ0) is 22.2. The van der Waals surface area contributed by atoms with Crippen LogP contribution >= 0.6 is 0 Å². The second kappa shape index (κ2) is 7.63. The molecular formula is C21H17F3N4O2. The van der Waals surface area contributed by atoms with Gasteiger partial charge in [-0.1, -0.05) is 0 Å². The Balaban J connectivity index is 1.96. The Labute approximate surface area is 169 Å². The van der Waals surface area contributed by atoms with E-state index >= 15 is 0 Å². The van der Waals surface area contributed by atoms with Gasteiger partial charge in [0.05, 0.1) is 28.2 Å². The normalized spacial score (nSPS) is 12.4. The summed E-state index contributed by atoms with van der Waals surface area (Å²) >= 11 is 0. The Hall–Kier alpha value is -3.67. The highest BCUT2D eigenvalue weighted by Gasteiger charge is 2.34. The maximum Gasteiger partial charge on any atom is 0.252 e. The van der Waals surface area contributed by atoms with Crippen LogP contribution in [0.3, 0.4) is 0 Å². The number of fused-ring (bicyclic) bond motifs is 1. The molecule has 0 aliphatic carbocycles. The number of H-pyrrole nitrogens is 1. The van der Waals surface area contributed by atoms with Crippen LogP contribution in [0.15, 0.2) is 35.3 Å². The molecule has 1 aromatic carbocycles. The van der Waals surface area contributed by atoms with Crippen LogP contribution in [-0.4, -0.2) is 15.9 Å². The van der Waals surface area contributed by atoms with Crippen molar-refractivity contribution in [3.63, 3.8) is 0 Å². The van der Waals surface area contributed by atoms with Crippen molar-refractivity contribution >= 4 is 16.8 Å². The first-order valence-corrected chi connectivity index (χ1v) is 8.94. The highest BCUT2D eigenvalue weighted by molar-refractivity contribution is 5.89. The largest absolute Gasteiger partial charge is 0.347 e. The van der Waals surface area contributed by atoms with E-state index in [2.05, 4.69) is 15.3 Å². The zero-order valence-corrected chi connectivity index (χ0v) is 16.3. The second-order valence-corrected chi connectivity index (χ2v) is 7.36. The quantitative estimate of drug-likeness (QED) is 0.684. The number of benzene rings is 1. The van der Waals surface area contributed by atoms with Gasteiger partial charge in [0.15, 0.2) is 11.6 Å². The molecule has 154 valence electrons. The lowest BCUT2D eigenvalue weighted by Gasteiger charge is -2.26. The molecule has 2 aromatic heterocycles. The average Bonchev–Trinajstić information content (AvgIpc) is 2.70. The molecule has 0 radical (unpaired) electrons. The van der Waals surface area contributed by atoms with Crippen LogP contribution in [0.25, 0.3) is 10.9 Å². The summed E-state index contributed by atoms with van der Waals surface area (Å²) in [7, 11) is 0. The molecule has 0 fully saturated rings. The minimum absolute atomic E-state index is 0.0343. The monoisotopic (exact) mass is 414 g/mol. The topological polar surface area (TPSA) is 98.6 Å². The van der Waals surface area contributed by atoms with Crippen molar-refractivity contribution in [1.82, 2.24) is 15.3 Å². The minimum Gasteiger partial charge on any atom is -0.347 e. The number of rotatable bonds is 4. The number of amides is 1. The van der Waals surface area contributed by atoms with Crippen LogP contribution in [-0.2, 0) is 10.2 Å². The van der Waals surface area contributed by atoms with Gasteiger partial charge >= 0.3 is 0 Å². The van der Waals surface area contributed by atoms with Gasteiger partial charge in [0.2, 0.25) is 5.91 Å². The van der Waals surface area contributed by atoms with Crippen molar-refractivity contribution < 1.29 is 18.0 Å². The summed E-state index contributed by atoms with van der Waals surface area (Å²) in [6.07, 6.45) is 1.18. The van der Waals surface area contributed by atoms with Crippen LogP contribution in [0, 0.1) is 28.8 Å². The molecule has 6 nitrogen and oxygen atoms in total. The maximum atomic E-state index is 14.2. The van der Waals surface area contributed by atoms with E-state index in [1.807, 2.05) is 0 Å². The number of nitriles is 1. The molecule has 2 N–H and O–H groups in total. The summed E-state index contributed by atoms with van der Waals surface area (Å²) in [5.41, 5.74) is -2.14. The predicted molar refractivity (Wildman–Crippen MR) is 103 cm³/mol. The van der Waals surface area contributed by atoms with Crippen molar-refractivity contribution in [3.8, 4) is 6.07 Å². The number of halogens is 3. The van der Waals surface area contributed by atoms with Crippen LogP contribution in [0.5, 0.6) is 0 Å². The maximum absolute atomic E-state index is 14.2. The van der Waals surface area contributed by atoms with Crippen LogP contribution in [0.1, 0.15) is 43.6 Å². The van der Waals surface area contributed by atoms with Gasteiger partial charge in [-0.2, -0.15) is 5.26 Å². The van der Waals surface area contributed by atoms with Gasteiger partial charge in [0.1, 0.15) is 11.9 Å². The molecule has 1 amide bonds. The molecule has 30 heavy (non-hydrogen) atoms. The van der Waals surface area contributed by atoms with Gasteiger partial charge in [-0.25, -0.2) is 13.2 Å². The van der Waals surface area contributed by atoms with Gasteiger partial charge in [0, 0.05) is 17.1 Å². The van der Waals surface area contributed by atoms with Gasteiger partial charge in [0.25, 0.3) is 5.56 Å². The number of hydrogen-bond donors (Lipinski definition) is 2. The molecule has 0 aliphatic heterocycles. The molecule has 0 unspecified atom stereocenters. The molecule has 1 atom stereocenters. The molecule has 0 aliphatic rings. The molecular weight excluding hydrogens is 397 g/mol. The Bertz CT molecular complexity index is 1260. The van der Waals surface area contributed by atoms with Crippen molar-refractivity contribution in [2.75, 3.05) is 0 Å². The molecule has 0 saturated carbocycles. The number of nitrogens with zero attached hydrogens (tertiary/aromatic N) is 2. The van der Waals surface area contributed by atoms with Crippen molar-refractivity contribution in [2.24, 2.45) is 0 Å². The summed E-state index contributed by atoms with van der Waals surface area (Å²) in [5.74, 6) is -3.64. The first kappa shape index (κ1) is 21.0. The highest BCUT2D eigenvalue weighted by Crippen LogP contribution is 2.26. The number of nitrogens with one attached hydrogen (secondary N) is 2. The lowest BCUT2D eigenvalue weighted by molar-refractivity contribution is -0.126. The molecule has 0 bridgehead atoms. The van der Waals surface area contributed by atoms with Gasteiger partial charge < -0.3 is 10.3 Å². The van der Waals surface area contributed by atoms with Crippen molar-refractivity contribution in [3.05, 3.63) is 75.1 Å². The standard InChI is InChI=1S/C21H17F3N4O2/c1-10(18-15(23)6-11(8-25)9-26-18)27-20(30)21(2,3)13-7-12-16(28-19(13)29)5-4-14(22)17(12)24/h4-7,9-10H,1-3H3,(H,27,30)(H,28,29)/t10-/m0/s1. The number of pyridine rings is 2. The van der Waals surface area contributed by atoms with Crippen molar-refractivity contribution in [1.29, 1.82) is 5.26 Å². The summed E-state index contributed by atoms with van der Waals surface area (Å²) < 4.78 is 41.9. The predicted octanol–water partition coefficient (Wildman–Crippen LogP) is 3.37. The third-order valence-electron chi connectivity index (χ3n) is 4.91. The summed E-state index contributed by atoms with van der Waals surface area (Å²) in [5, 5.41) is 11.2. The van der Waals surface area contributed by atoms with E-state index in [1.54, 1.807) is 6.07 Å². The Morgan fingerprint density at radius 1 is 1.23 bits per heavy atom. The third kappa shape index (κ3) is 3.64. The molecule has 2 heterocycles. The molecule has 9 heteroatoms. The third-order valence-corrected chi connectivity index (χ3v) is 4.91. The minimum atomic E-state index is -1.46. The van der Waals surface area contributed by atoms with Crippen LogP contribution in [0.4, 0.5) is 13.2 Å². The van der Waals surface area contributed by atoms with E-state index in [-0.39, 0.29) is 27.7 Å². The first-order chi connectivity index (χ1) is 14.1. The first-order valence-electron chi connectivity index (χ1n) is 8.94. The smallest absolute Gasteiger partial charge is 0.252 e. The van der Waals surface area contributed by atoms with E-state index in [0.717, 1.165) is 18.2 Å². The van der Waals surface area contributed by atoms with Crippen LogP contribution in [0.2, 0.25) is 0 Å². The fourth-order valence-electron chi connectivity index (χ4n) is 3.08. The number of carbonyl (C=O) groups is 1. The van der Waals surface area contributed by atoms with Crippen LogP contribution < -0.4 is 10.9 Å². The fourth-order valence-corrected chi connectivity index (χ4v) is 3.08. The van der Waals surface area contributed by atoms with E-state index in [0.29, 0.717) is 0 Å². The van der Waals surface area contributed by atoms with Gasteiger partial charge in [-0.15, -0.1) is 0 Å². The summed E-state index contributed by atoms with van der Waals surface area (Å²) in [6.45, 7) is 4.36. The number of hydrogen-bond acceptors (Lipinski definition) is 4. The van der Waals surface area contributed by atoms with Gasteiger partial charge in [-0.05, 0) is 45.0 Å². The molecule has 3 rings (SSSR count). The highest BCUT2D eigenvalue weighted by atomic mass is 19.2. The van der Waals surface area contributed by atoms with E-state index < -0.39 is 40.4 Å². The molecule has 3 aromatic rings. The SMILES string of the molecule is C[C@H](NC(=O)C(C)(C)c1cc2c(F)c(F)ccc2[nH]c1=O)c1ncc(C#N)cc1F. The Morgan fingerprint density at radius 2 is 1.93 bits per heavy atom. The number of aromatic nitrogens is 2. The van der Waals surface area contributed by atoms with E-state index in [9.17, 15) is 22.8 Å². The zero-order valence-electron chi connectivity index (χ0n) is 16.3. The fraction of sp³-hybridized carbons (Fsp3) is 0.238. The lowest BCUT2D eigenvalue weighted by atomic mass is 9.83. The number of carbonyl (C=O) groups excluding carboxylic acids is 1. The van der Waals surface area contributed by atoms with Crippen molar-refractivity contribution in [2.45, 2.75) is 32.2 Å². The van der Waals surface area contributed by atoms with E-state index in [1.165, 1.54) is 33.0 Å². The molecule has 0 spiro atoms. The second-order valence-electron chi connectivity index (χ2n) is 7.36. The van der Waals surface area contributed by atoms with E-state index in [4.69, 9.17) is 5.26 Å². The van der Waals surface area contributed by atoms with Gasteiger partial charge in [-0.3, -0.25) is 14.6 Å². The summed E-state index contributed by atoms with van der Waals surface area (Å²) in [6, 6.07) is 5.15. The number of aromatic amines is 1. The summed E-state index contributed by atoms with van der Waals surface area (Å²) in [4.78, 5) is 31.7.